The van der Waals surface area contributed by atoms with Gasteiger partial charge < -0.3 is 16.2 Å². The zero-order valence-electron chi connectivity index (χ0n) is 10.7. The number of carbonyl (C=O) groups is 3. The van der Waals surface area contributed by atoms with Gasteiger partial charge >= 0.3 is 5.97 Å². The van der Waals surface area contributed by atoms with Crippen molar-refractivity contribution in [2.75, 3.05) is 6.54 Å². The van der Waals surface area contributed by atoms with E-state index in [1.54, 1.807) is 13.8 Å². The van der Waals surface area contributed by atoms with Gasteiger partial charge in [-0.25, -0.2) is 0 Å². The molecule has 6 nitrogen and oxygen atoms in total. The Hall–Kier alpha value is -1.59. The minimum Gasteiger partial charge on any atom is -0.481 e. The van der Waals surface area contributed by atoms with Gasteiger partial charge in [0.15, 0.2) is 0 Å². The van der Waals surface area contributed by atoms with Gasteiger partial charge in [0.1, 0.15) is 0 Å². The maximum atomic E-state index is 11.8. The van der Waals surface area contributed by atoms with Crippen LogP contribution < -0.4 is 11.1 Å². The third-order valence-electron chi connectivity index (χ3n) is 3.53. The number of rotatable bonds is 7. The second kappa shape index (κ2) is 5.37. The van der Waals surface area contributed by atoms with Crippen molar-refractivity contribution in [1.29, 1.82) is 0 Å². The van der Waals surface area contributed by atoms with Crippen molar-refractivity contribution < 1.29 is 19.5 Å². The number of unbranched alkanes of at least 4 members (excludes halogenated alkanes) is 1. The maximum Gasteiger partial charge on any atom is 0.307 e. The molecule has 0 saturated heterocycles. The molecule has 0 aromatic heterocycles. The molecule has 0 unspecified atom stereocenters. The first-order valence-electron chi connectivity index (χ1n) is 6.07. The van der Waals surface area contributed by atoms with Gasteiger partial charge in [-0.1, -0.05) is 13.8 Å². The summed E-state index contributed by atoms with van der Waals surface area (Å²) < 4.78 is 0. The molecule has 0 spiro atoms. The van der Waals surface area contributed by atoms with E-state index in [1.165, 1.54) is 0 Å². The smallest absolute Gasteiger partial charge is 0.307 e. The Bertz CT molecular complexity index is 365. The molecular weight excluding hydrogens is 236 g/mol. The number of primary amides is 1. The predicted octanol–water partition coefficient (Wildman–Crippen LogP) is 0.115. The monoisotopic (exact) mass is 256 g/mol. The summed E-state index contributed by atoms with van der Waals surface area (Å²) in [4.78, 5) is 33.2. The Morgan fingerprint density at radius 2 is 1.83 bits per heavy atom. The molecule has 2 atom stereocenters. The van der Waals surface area contributed by atoms with Crippen LogP contribution in [0.2, 0.25) is 0 Å². The second-order valence-corrected chi connectivity index (χ2v) is 5.33. The highest BCUT2D eigenvalue weighted by atomic mass is 16.4. The molecule has 1 aliphatic carbocycles. The van der Waals surface area contributed by atoms with Gasteiger partial charge in [-0.15, -0.1) is 0 Å². The SMILES string of the molecule is CC1(C)[C@H](C(=O)O)[C@@H]1C(=O)NCCCCC(N)=O. The number of carbonyl (C=O) groups excluding carboxylic acids is 2. The Balaban J connectivity index is 2.27. The Kier molecular flexibility index (Phi) is 4.32. The highest BCUT2D eigenvalue weighted by Gasteiger charge is 2.65. The molecule has 1 rings (SSSR count). The number of nitrogens with one attached hydrogen (secondary N) is 1. The second-order valence-electron chi connectivity index (χ2n) is 5.33. The number of hydrogen-bond donors (Lipinski definition) is 3. The lowest BCUT2D eigenvalue weighted by atomic mass is 10.1. The van der Waals surface area contributed by atoms with Crippen LogP contribution in [0.3, 0.4) is 0 Å². The Morgan fingerprint density at radius 1 is 1.22 bits per heavy atom. The van der Waals surface area contributed by atoms with Crippen LogP contribution in [0, 0.1) is 17.3 Å². The summed E-state index contributed by atoms with van der Waals surface area (Å²) in [5.41, 5.74) is 4.52. The topological polar surface area (TPSA) is 109 Å². The van der Waals surface area contributed by atoms with Gasteiger partial charge in [0.05, 0.1) is 11.8 Å². The van der Waals surface area contributed by atoms with Crippen LogP contribution in [0.5, 0.6) is 0 Å². The van der Waals surface area contributed by atoms with E-state index in [9.17, 15) is 14.4 Å². The summed E-state index contributed by atoms with van der Waals surface area (Å²) in [6.45, 7) is 4.01. The molecular formula is C12H20N2O4. The molecule has 18 heavy (non-hydrogen) atoms. The molecule has 4 N–H and O–H groups in total. The minimum atomic E-state index is -0.922. The van der Waals surface area contributed by atoms with Crippen LogP contribution in [0.1, 0.15) is 33.1 Å². The third kappa shape index (κ3) is 3.21. The first kappa shape index (κ1) is 14.5. The molecule has 0 radical (unpaired) electrons. The summed E-state index contributed by atoms with van der Waals surface area (Å²) in [6.07, 6.45) is 1.61. The number of carboxylic acids is 1. The fourth-order valence-electron chi connectivity index (χ4n) is 2.33. The molecule has 102 valence electrons. The largest absolute Gasteiger partial charge is 0.481 e. The highest BCUT2D eigenvalue weighted by molar-refractivity contribution is 5.91. The Morgan fingerprint density at radius 3 is 2.28 bits per heavy atom. The quantitative estimate of drug-likeness (QED) is 0.562. The fourth-order valence-corrected chi connectivity index (χ4v) is 2.33. The van der Waals surface area contributed by atoms with E-state index >= 15 is 0 Å². The summed E-state index contributed by atoms with van der Waals surface area (Å²) in [5.74, 6) is -2.54. The maximum absolute atomic E-state index is 11.8. The minimum absolute atomic E-state index is 0.216. The van der Waals surface area contributed by atoms with Gasteiger partial charge in [0.2, 0.25) is 11.8 Å². The van der Waals surface area contributed by atoms with Crippen LogP contribution in [0.15, 0.2) is 0 Å². The first-order valence-corrected chi connectivity index (χ1v) is 6.07. The Labute approximate surface area is 106 Å². The average molecular weight is 256 g/mol. The predicted molar refractivity (Wildman–Crippen MR) is 64.5 cm³/mol. The number of aliphatic carboxylic acids is 1. The molecule has 2 amide bonds. The van der Waals surface area contributed by atoms with Crippen LogP contribution in [0.4, 0.5) is 0 Å². The molecule has 0 aliphatic heterocycles. The van der Waals surface area contributed by atoms with Crippen molar-refractivity contribution in [3.05, 3.63) is 0 Å². The zero-order chi connectivity index (χ0) is 13.9. The standard InChI is InChI=1S/C12H20N2O4/c1-12(2)8(9(12)11(17)18)10(16)14-6-4-3-5-7(13)15/h8-9H,3-6H2,1-2H3,(H2,13,15)(H,14,16)(H,17,18)/t8-,9+/m1/s1. The van der Waals surface area contributed by atoms with E-state index in [1.807, 2.05) is 0 Å². The molecule has 6 heteroatoms. The summed E-state index contributed by atoms with van der Waals surface area (Å²) in [5, 5.41) is 11.7. The van der Waals surface area contributed by atoms with Crippen LogP contribution in [-0.2, 0) is 14.4 Å². The first-order chi connectivity index (χ1) is 8.28. The third-order valence-corrected chi connectivity index (χ3v) is 3.53. The lowest BCUT2D eigenvalue weighted by Gasteiger charge is -2.05. The zero-order valence-corrected chi connectivity index (χ0v) is 10.7. The molecule has 1 aliphatic rings. The molecule has 0 heterocycles. The van der Waals surface area contributed by atoms with E-state index in [4.69, 9.17) is 10.8 Å². The number of carboxylic acid groups (broad SMARTS) is 1. The van der Waals surface area contributed by atoms with Gasteiger partial charge in [-0.3, -0.25) is 14.4 Å². The lowest BCUT2D eigenvalue weighted by molar-refractivity contribution is -0.140. The lowest BCUT2D eigenvalue weighted by Crippen LogP contribution is -2.28. The number of amides is 2. The van der Waals surface area contributed by atoms with E-state index in [-0.39, 0.29) is 11.8 Å². The van der Waals surface area contributed by atoms with Gasteiger partial charge in [0.25, 0.3) is 0 Å². The van der Waals surface area contributed by atoms with Crippen LogP contribution >= 0.6 is 0 Å². The molecule has 0 aromatic rings. The number of hydrogen-bond acceptors (Lipinski definition) is 3. The fraction of sp³-hybridized carbons (Fsp3) is 0.750. The van der Waals surface area contributed by atoms with Crippen LogP contribution in [0.25, 0.3) is 0 Å². The summed E-state index contributed by atoms with van der Waals surface area (Å²) >= 11 is 0. The average Bonchev–Trinajstić information content (AvgIpc) is 2.80. The normalized spacial score (nSPS) is 24.3. The summed E-state index contributed by atoms with van der Waals surface area (Å²) in [7, 11) is 0. The van der Waals surface area contributed by atoms with Crippen molar-refractivity contribution in [1.82, 2.24) is 5.32 Å². The van der Waals surface area contributed by atoms with E-state index < -0.39 is 23.2 Å². The van der Waals surface area contributed by atoms with Crippen molar-refractivity contribution in [2.45, 2.75) is 33.1 Å². The van der Waals surface area contributed by atoms with Crippen molar-refractivity contribution >= 4 is 17.8 Å². The van der Waals surface area contributed by atoms with E-state index in [0.717, 1.165) is 0 Å². The van der Waals surface area contributed by atoms with Crippen molar-refractivity contribution in [3.63, 3.8) is 0 Å². The van der Waals surface area contributed by atoms with Gasteiger partial charge in [-0.05, 0) is 18.3 Å². The molecule has 0 bridgehead atoms. The van der Waals surface area contributed by atoms with Crippen molar-refractivity contribution in [2.24, 2.45) is 23.0 Å². The van der Waals surface area contributed by atoms with E-state index in [0.29, 0.717) is 25.8 Å². The van der Waals surface area contributed by atoms with Gasteiger partial charge in [0, 0.05) is 13.0 Å². The molecule has 1 fully saturated rings. The number of nitrogens with two attached hydrogens (primary N) is 1. The molecule has 0 aromatic carbocycles. The molecule has 1 saturated carbocycles. The van der Waals surface area contributed by atoms with E-state index in [2.05, 4.69) is 5.32 Å². The van der Waals surface area contributed by atoms with Crippen LogP contribution in [-0.4, -0.2) is 29.4 Å². The van der Waals surface area contributed by atoms with Gasteiger partial charge in [-0.2, -0.15) is 0 Å². The highest BCUT2D eigenvalue weighted by Crippen LogP contribution is 2.58. The summed E-state index contributed by atoms with van der Waals surface area (Å²) in [6, 6.07) is 0. The van der Waals surface area contributed by atoms with Crippen molar-refractivity contribution in [3.8, 4) is 0 Å².